The molecule has 118 valence electrons. The molecule has 1 N–H and O–H groups in total. The molecule has 0 saturated carbocycles. The third-order valence-corrected chi connectivity index (χ3v) is 3.40. The second-order valence-corrected chi connectivity index (χ2v) is 4.98. The first kappa shape index (κ1) is 15.9. The minimum absolute atomic E-state index is 0.269. The lowest BCUT2D eigenvalue weighted by Crippen LogP contribution is -2.28. The Labute approximate surface area is 129 Å². The number of carbonyl (C=O) groups excluding carboxylic acids is 2. The summed E-state index contributed by atoms with van der Waals surface area (Å²) in [7, 11) is 0. The fourth-order valence-electron chi connectivity index (χ4n) is 2.27. The molecule has 0 aliphatic carbocycles. The molecule has 6 heteroatoms. The average molecular weight is 304 g/mol. The lowest BCUT2D eigenvalue weighted by atomic mass is 10.2. The Kier molecular flexibility index (Phi) is 5.04. The number of aromatic nitrogens is 1. The van der Waals surface area contributed by atoms with Gasteiger partial charge in [0.05, 0.1) is 18.4 Å². The number of amides is 1. The van der Waals surface area contributed by atoms with E-state index in [1.807, 2.05) is 37.5 Å². The second kappa shape index (κ2) is 6.98. The standard InChI is InChI=1S/C16H20N2O4/c1-4-17-15(19)10-22-16(20)14-8-11(2)18(12(14)3)9-13-6-5-7-21-13/h5-8H,4,9-10H2,1-3H3,(H,17,19). The van der Waals surface area contributed by atoms with Crippen molar-refractivity contribution >= 4 is 11.9 Å². The number of likely N-dealkylation sites (N-methyl/N-ethyl adjacent to an activating group) is 1. The number of nitrogens with one attached hydrogen (secondary N) is 1. The molecule has 0 fully saturated rings. The topological polar surface area (TPSA) is 73.5 Å². The SMILES string of the molecule is CCNC(=O)COC(=O)c1cc(C)n(Cc2ccco2)c1C. The van der Waals surface area contributed by atoms with Gasteiger partial charge in [-0.2, -0.15) is 0 Å². The lowest BCUT2D eigenvalue weighted by molar-refractivity contribution is -0.124. The van der Waals surface area contributed by atoms with Gasteiger partial charge in [0.1, 0.15) is 5.76 Å². The quantitative estimate of drug-likeness (QED) is 0.829. The number of hydrogen-bond donors (Lipinski definition) is 1. The summed E-state index contributed by atoms with van der Waals surface area (Å²) < 4.78 is 12.3. The summed E-state index contributed by atoms with van der Waals surface area (Å²) in [6.07, 6.45) is 1.62. The highest BCUT2D eigenvalue weighted by atomic mass is 16.5. The molecule has 22 heavy (non-hydrogen) atoms. The lowest BCUT2D eigenvalue weighted by Gasteiger charge is -2.08. The molecule has 2 aromatic heterocycles. The van der Waals surface area contributed by atoms with Crippen molar-refractivity contribution in [3.05, 3.63) is 47.2 Å². The monoisotopic (exact) mass is 304 g/mol. The van der Waals surface area contributed by atoms with Crippen LogP contribution in [0.4, 0.5) is 0 Å². The van der Waals surface area contributed by atoms with Crippen molar-refractivity contribution in [1.82, 2.24) is 9.88 Å². The Morgan fingerprint density at radius 1 is 1.36 bits per heavy atom. The van der Waals surface area contributed by atoms with Crippen molar-refractivity contribution < 1.29 is 18.7 Å². The van der Waals surface area contributed by atoms with Crippen LogP contribution in [-0.4, -0.2) is 29.6 Å². The zero-order valence-corrected chi connectivity index (χ0v) is 13.0. The van der Waals surface area contributed by atoms with Gasteiger partial charge >= 0.3 is 5.97 Å². The van der Waals surface area contributed by atoms with Gasteiger partial charge in [0.25, 0.3) is 5.91 Å². The third-order valence-electron chi connectivity index (χ3n) is 3.40. The van der Waals surface area contributed by atoms with Crippen LogP contribution >= 0.6 is 0 Å². The molecular formula is C16H20N2O4. The van der Waals surface area contributed by atoms with Crippen LogP contribution in [0, 0.1) is 13.8 Å². The molecule has 2 heterocycles. The number of hydrogen-bond acceptors (Lipinski definition) is 4. The summed E-state index contributed by atoms with van der Waals surface area (Å²) in [6, 6.07) is 5.47. The Hall–Kier alpha value is -2.50. The molecule has 6 nitrogen and oxygen atoms in total. The summed E-state index contributed by atoms with van der Waals surface area (Å²) in [4.78, 5) is 23.4. The molecule has 0 aromatic carbocycles. The van der Waals surface area contributed by atoms with Gasteiger partial charge in [0.15, 0.2) is 6.61 Å². The van der Waals surface area contributed by atoms with E-state index in [0.29, 0.717) is 18.7 Å². The fraction of sp³-hybridized carbons (Fsp3) is 0.375. The van der Waals surface area contributed by atoms with Gasteiger partial charge in [0.2, 0.25) is 0 Å². The van der Waals surface area contributed by atoms with E-state index in [1.54, 1.807) is 12.3 Å². The molecule has 2 rings (SSSR count). The molecule has 0 radical (unpaired) electrons. The molecule has 0 bridgehead atoms. The van der Waals surface area contributed by atoms with Crippen LogP contribution in [0.5, 0.6) is 0 Å². The molecule has 0 atom stereocenters. The van der Waals surface area contributed by atoms with Gasteiger partial charge in [-0.05, 0) is 39.0 Å². The third kappa shape index (κ3) is 3.58. The summed E-state index contributed by atoms with van der Waals surface area (Å²) in [5, 5.41) is 2.58. The van der Waals surface area contributed by atoms with Crippen molar-refractivity contribution in [2.75, 3.05) is 13.2 Å². The summed E-state index contributed by atoms with van der Waals surface area (Å²) in [6.45, 7) is 6.36. The first-order valence-electron chi connectivity index (χ1n) is 7.15. The van der Waals surface area contributed by atoms with E-state index in [4.69, 9.17) is 9.15 Å². The molecular weight excluding hydrogens is 284 g/mol. The minimum Gasteiger partial charge on any atom is -0.467 e. The molecule has 0 saturated heterocycles. The Morgan fingerprint density at radius 2 is 2.14 bits per heavy atom. The van der Waals surface area contributed by atoms with Gasteiger partial charge in [-0.1, -0.05) is 0 Å². The zero-order valence-electron chi connectivity index (χ0n) is 13.0. The van der Waals surface area contributed by atoms with E-state index < -0.39 is 5.97 Å². The number of nitrogens with zero attached hydrogens (tertiary/aromatic N) is 1. The van der Waals surface area contributed by atoms with E-state index in [0.717, 1.165) is 17.1 Å². The largest absolute Gasteiger partial charge is 0.467 e. The predicted octanol–water partition coefficient (Wildman–Crippen LogP) is 2.04. The van der Waals surface area contributed by atoms with Crippen LogP contribution < -0.4 is 5.32 Å². The van der Waals surface area contributed by atoms with Crippen LogP contribution in [0.15, 0.2) is 28.9 Å². The number of aryl methyl sites for hydroxylation is 1. The molecule has 0 aliphatic rings. The molecule has 0 unspecified atom stereocenters. The molecule has 0 aliphatic heterocycles. The smallest absolute Gasteiger partial charge is 0.340 e. The maximum absolute atomic E-state index is 12.1. The van der Waals surface area contributed by atoms with Gasteiger partial charge in [-0.15, -0.1) is 0 Å². The van der Waals surface area contributed by atoms with Crippen molar-refractivity contribution in [1.29, 1.82) is 0 Å². The van der Waals surface area contributed by atoms with Crippen molar-refractivity contribution in [2.45, 2.75) is 27.3 Å². The number of esters is 1. The maximum Gasteiger partial charge on any atom is 0.340 e. The van der Waals surface area contributed by atoms with Gasteiger partial charge in [-0.25, -0.2) is 4.79 Å². The van der Waals surface area contributed by atoms with Crippen LogP contribution in [-0.2, 0) is 16.1 Å². The van der Waals surface area contributed by atoms with E-state index in [2.05, 4.69) is 5.32 Å². The highest BCUT2D eigenvalue weighted by Crippen LogP contribution is 2.18. The fourth-order valence-corrected chi connectivity index (χ4v) is 2.27. The summed E-state index contributed by atoms with van der Waals surface area (Å²) >= 11 is 0. The van der Waals surface area contributed by atoms with Gasteiger partial charge in [-0.3, -0.25) is 4.79 Å². The number of rotatable bonds is 6. The Bertz CT molecular complexity index is 656. The minimum atomic E-state index is -0.495. The van der Waals surface area contributed by atoms with E-state index in [1.165, 1.54) is 0 Å². The highest BCUT2D eigenvalue weighted by molar-refractivity contribution is 5.92. The van der Waals surface area contributed by atoms with Crippen molar-refractivity contribution in [2.24, 2.45) is 0 Å². The second-order valence-electron chi connectivity index (χ2n) is 4.98. The Morgan fingerprint density at radius 3 is 2.77 bits per heavy atom. The number of carbonyl (C=O) groups is 2. The first-order valence-corrected chi connectivity index (χ1v) is 7.15. The van der Waals surface area contributed by atoms with Crippen LogP contribution in [0.25, 0.3) is 0 Å². The average Bonchev–Trinajstić information content (AvgIpc) is 3.09. The van der Waals surface area contributed by atoms with E-state index in [9.17, 15) is 9.59 Å². The van der Waals surface area contributed by atoms with Crippen molar-refractivity contribution in [3.8, 4) is 0 Å². The van der Waals surface area contributed by atoms with Crippen molar-refractivity contribution in [3.63, 3.8) is 0 Å². The van der Waals surface area contributed by atoms with Crippen LogP contribution in [0.3, 0.4) is 0 Å². The Balaban J connectivity index is 2.08. The van der Waals surface area contributed by atoms with E-state index in [-0.39, 0.29) is 12.5 Å². The predicted molar refractivity (Wildman–Crippen MR) is 80.7 cm³/mol. The van der Waals surface area contributed by atoms with E-state index >= 15 is 0 Å². The van der Waals surface area contributed by atoms with Gasteiger partial charge in [0, 0.05) is 17.9 Å². The first-order chi connectivity index (χ1) is 10.5. The normalized spacial score (nSPS) is 10.5. The number of ether oxygens (including phenoxy) is 1. The van der Waals surface area contributed by atoms with Gasteiger partial charge < -0.3 is 19.0 Å². The summed E-state index contributed by atoms with van der Waals surface area (Å²) in [5.74, 6) is 0.00864. The molecule has 0 spiro atoms. The molecule has 2 aromatic rings. The number of furan rings is 1. The van der Waals surface area contributed by atoms with Crippen LogP contribution in [0.2, 0.25) is 0 Å². The maximum atomic E-state index is 12.1. The highest BCUT2D eigenvalue weighted by Gasteiger charge is 2.18. The summed E-state index contributed by atoms with van der Waals surface area (Å²) in [5.41, 5.74) is 2.18. The van der Waals surface area contributed by atoms with Crippen LogP contribution in [0.1, 0.15) is 34.4 Å². The zero-order chi connectivity index (χ0) is 16.1. The molecule has 1 amide bonds.